The summed E-state index contributed by atoms with van der Waals surface area (Å²) in [6, 6.07) is 0. The number of unbranched alkanes of at least 4 members (excludes halogenated alkanes) is 4. The summed E-state index contributed by atoms with van der Waals surface area (Å²) in [7, 11) is 0. The average molecular weight is 379 g/mol. The topological polar surface area (TPSA) is 66.8 Å². The summed E-state index contributed by atoms with van der Waals surface area (Å²) < 4.78 is 4.66. The third-order valence-electron chi connectivity index (χ3n) is 3.87. The van der Waals surface area contributed by atoms with Crippen LogP contribution in [-0.4, -0.2) is 28.6 Å². The number of hydrogen-bond donors (Lipinski definition) is 2. The standard InChI is InChI=1S/C23H38O4/c1-3-4-5-6-7-8-9-10-11-12-13-14-15-16-17-18-19-20-22(25)27-23(26)21(2)24/h7-8,10-11,13-14,16-17,21,23-24,26H,3-6,9,12,15,18-20H2,1-2H3/b8-7-,11-10-,14-13-,17-16-. The fourth-order valence-electron chi connectivity index (χ4n) is 2.22. The second kappa shape index (κ2) is 19.1. The van der Waals surface area contributed by atoms with Gasteiger partial charge < -0.3 is 14.9 Å². The van der Waals surface area contributed by atoms with Crippen LogP contribution in [0.25, 0.3) is 0 Å². The van der Waals surface area contributed by atoms with E-state index in [1.807, 2.05) is 6.08 Å². The maximum atomic E-state index is 11.4. The van der Waals surface area contributed by atoms with Crippen molar-refractivity contribution in [3.63, 3.8) is 0 Å². The minimum atomic E-state index is -1.44. The molecule has 0 saturated carbocycles. The van der Waals surface area contributed by atoms with Gasteiger partial charge in [0, 0.05) is 6.42 Å². The highest BCUT2D eigenvalue weighted by molar-refractivity contribution is 5.69. The molecule has 0 radical (unpaired) electrons. The number of rotatable bonds is 16. The van der Waals surface area contributed by atoms with Crippen LogP contribution in [-0.2, 0) is 9.53 Å². The second-order valence-corrected chi connectivity index (χ2v) is 6.60. The van der Waals surface area contributed by atoms with Crippen molar-refractivity contribution in [1.82, 2.24) is 0 Å². The fraction of sp³-hybridized carbons (Fsp3) is 0.609. The van der Waals surface area contributed by atoms with Gasteiger partial charge in [-0.15, -0.1) is 0 Å². The zero-order valence-corrected chi connectivity index (χ0v) is 17.1. The second-order valence-electron chi connectivity index (χ2n) is 6.60. The van der Waals surface area contributed by atoms with Gasteiger partial charge in [0.05, 0.1) is 0 Å². The van der Waals surface area contributed by atoms with Gasteiger partial charge in [-0.3, -0.25) is 4.79 Å². The number of aliphatic hydroxyl groups is 2. The molecule has 154 valence electrons. The molecule has 2 unspecified atom stereocenters. The van der Waals surface area contributed by atoms with Crippen molar-refractivity contribution in [3.8, 4) is 0 Å². The molecule has 4 nitrogen and oxygen atoms in total. The lowest BCUT2D eigenvalue weighted by Crippen LogP contribution is -2.28. The molecule has 0 aromatic rings. The van der Waals surface area contributed by atoms with Crippen LogP contribution in [0.3, 0.4) is 0 Å². The predicted molar refractivity (Wildman–Crippen MR) is 112 cm³/mol. The van der Waals surface area contributed by atoms with E-state index in [0.29, 0.717) is 6.42 Å². The molecule has 0 bridgehead atoms. The number of carbonyl (C=O) groups is 1. The Labute approximate surface area is 165 Å². The van der Waals surface area contributed by atoms with Crippen LogP contribution in [0.15, 0.2) is 48.6 Å². The number of hydrogen-bond acceptors (Lipinski definition) is 4. The van der Waals surface area contributed by atoms with Gasteiger partial charge in [-0.2, -0.15) is 0 Å². The van der Waals surface area contributed by atoms with Crippen LogP contribution in [0.2, 0.25) is 0 Å². The summed E-state index contributed by atoms with van der Waals surface area (Å²) in [6.07, 6.45) is 24.4. The van der Waals surface area contributed by atoms with E-state index in [4.69, 9.17) is 5.11 Å². The van der Waals surface area contributed by atoms with Crippen LogP contribution < -0.4 is 0 Å². The quantitative estimate of drug-likeness (QED) is 0.164. The van der Waals surface area contributed by atoms with Crippen molar-refractivity contribution in [2.24, 2.45) is 0 Å². The molecule has 0 aliphatic carbocycles. The van der Waals surface area contributed by atoms with Gasteiger partial charge >= 0.3 is 5.97 Å². The molecule has 0 aromatic heterocycles. The van der Waals surface area contributed by atoms with E-state index >= 15 is 0 Å². The number of ether oxygens (including phenoxy) is 1. The maximum absolute atomic E-state index is 11.4. The van der Waals surface area contributed by atoms with E-state index in [2.05, 4.69) is 54.2 Å². The molecule has 0 saturated heterocycles. The Morgan fingerprint density at radius 2 is 1.30 bits per heavy atom. The normalized spacial score (nSPS) is 14.7. The zero-order chi connectivity index (χ0) is 20.2. The van der Waals surface area contributed by atoms with Crippen molar-refractivity contribution in [2.45, 2.75) is 90.4 Å². The molecule has 2 N–H and O–H groups in total. The Kier molecular flexibility index (Phi) is 18.0. The first-order chi connectivity index (χ1) is 13.1. The molecule has 4 heteroatoms. The minimum Gasteiger partial charge on any atom is -0.433 e. The summed E-state index contributed by atoms with van der Waals surface area (Å²) >= 11 is 0. The van der Waals surface area contributed by atoms with Crippen molar-refractivity contribution < 1.29 is 19.7 Å². The van der Waals surface area contributed by atoms with Gasteiger partial charge in [-0.1, -0.05) is 68.4 Å². The van der Waals surface area contributed by atoms with Gasteiger partial charge in [0.15, 0.2) is 0 Å². The summed E-state index contributed by atoms with van der Waals surface area (Å²) in [5, 5.41) is 18.3. The highest BCUT2D eigenvalue weighted by Gasteiger charge is 2.15. The Morgan fingerprint density at radius 3 is 1.78 bits per heavy atom. The van der Waals surface area contributed by atoms with E-state index in [-0.39, 0.29) is 6.42 Å². The van der Waals surface area contributed by atoms with Crippen LogP contribution in [0.4, 0.5) is 0 Å². The lowest BCUT2D eigenvalue weighted by Gasteiger charge is -2.13. The van der Waals surface area contributed by atoms with Crippen molar-refractivity contribution in [3.05, 3.63) is 48.6 Å². The molecule has 2 atom stereocenters. The molecule has 0 amide bonds. The van der Waals surface area contributed by atoms with Crippen LogP contribution >= 0.6 is 0 Å². The Morgan fingerprint density at radius 1 is 0.815 bits per heavy atom. The largest absolute Gasteiger partial charge is 0.433 e. The van der Waals surface area contributed by atoms with Crippen LogP contribution in [0.1, 0.15) is 78.1 Å². The summed E-state index contributed by atoms with van der Waals surface area (Å²) in [6.45, 7) is 3.60. The number of aliphatic hydroxyl groups excluding tert-OH is 2. The number of carbonyl (C=O) groups excluding carboxylic acids is 1. The van der Waals surface area contributed by atoms with E-state index in [9.17, 15) is 9.90 Å². The molecular weight excluding hydrogens is 340 g/mol. The van der Waals surface area contributed by atoms with Gasteiger partial charge in [0.2, 0.25) is 6.29 Å². The average Bonchev–Trinajstić information content (AvgIpc) is 2.64. The Balaban J connectivity index is 3.55. The molecular formula is C23H38O4. The van der Waals surface area contributed by atoms with E-state index in [1.54, 1.807) is 0 Å². The van der Waals surface area contributed by atoms with E-state index < -0.39 is 18.4 Å². The predicted octanol–water partition coefficient (Wildman–Crippen LogP) is 5.37. The van der Waals surface area contributed by atoms with Gasteiger partial charge in [0.1, 0.15) is 6.10 Å². The first kappa shape index (κ1) is 25.4. The summed E-state index contributed by atoms with van der Waals surface area (Å²) in [4.78, 5) is 11.4. The zero-order valence-electron chi connectivity index (χ0n) is 17.1. The fourth-order valence-corrected chi connectivity index (χ4v) is 2.22. The molecule has 0 aliphatic heterocycles. The summed E-state index contributed by atoms with van der Waals surface area (Å²) in [5.41, 5.74) is 0. The van der Waals surface area contributed by atoms with E-state index in [1.165, 1.54) is 32.6 Å². The number of allylic oxidation sites excluding steroid dienone is 8. The first-order valence-corrected chi connectivity index (χ1v) is 10.2. The monoisotopic (exact) mass is 378 g/mol. The molecule has 0 heterocycles. The Bertz CT molecular complexity index is 461. The lowest BCUT2D eigenvalue weighted by molar-refractivity contribution is -0.184. The summed E-state index contributed by atoms with van der Waals surface area (Å²) in [5.74, 6) is -0.487. The van der Waals surface area contributed by atoms with Gasteiger partial charge in [-0.05, 0) is 51.9 Å². The van der Waals surface area contributed by atoms with Crippen molar-refractivity contribution >= 4 is 5.97 Å². The number of esters is 1. The van der Waals surface area contributed by atoms with Gasteiger partial charge in [-0.25, -0.2) is 0 Å². The molecule has 0 fully saturated rings. The first-order valence-electron chi connectivity index (χ1n) is 10.2. The third kappa shape index (κ3) is 18.9. The maximum Gasteiger partial charge on any atom is 0.308 e. The smallest absolute Gasteiger partial charge is 0.308 e. The molecule has 27 heavy (non-hydrogen) atoms. The molecule has 0 aliphatic rings. The van der Waals surface area contributed by atoms with E-state index in [0.717, 1.165) is 25.7 Å². The van der Waals surface area contributed by atoms with Crippen LogP contribution in [0, 0.1) is 0 Å². The van der Waals surface area contributed by atoms with Crippen LogP contribution in [0.5, 0.6) is 0 Å². The molecule has 0 rings (SSSR count). The minimum absolute atomic E-state index is 0.238. The van der Waals surface area contributed by atoms with Crippen molar-refractivity contribution in [2.75, 3.05) is 0 Å². The Hall–Kier alpha value is -1.65. The molecule has 0 aromatic carbocycles. The lowest BCUT2D eigenvalue weighted by atomic mass is 10.2. The highest BCUT2D eigenvalue weighted by Crippen LogP contribution is 2.04. The van der Waals surface area contributed by atoms with Gasteiger partial charge in [0.25, 0.3) is 0 Å². The third-order valence-corrected chi connectivity index (χ3v) is 3.87. The SMILES string of the molecule is CCCCC/C=C\C/C=C\C/C=C\C/C=C\CCCC(=O)OC(O)C(C)O. The van der Waals surface area contributed by atoms with Crippen molar-refractivity contribution in [1.29, 1.82) is 0 Å². The highest BCUT2D eigenvalue weighted by atomic mass is 16.6. The molecule has 0 spiro atoms.